The lowest BCUT2D eigenvalue weighted by molar-refractivity contribution is 0.847. The van der Waals surface area contributed by atoms with Crippen LogP contribution in [0.15, 0.2) is 12.1 Å². The Bertz CT molecular complexity index is 356. The zero-order chi connectivity index (χ0) is 10.0. The first-order valence-corrected chi connectivity index (χ1v) is 4.55. The van der Waals surface area contributed by atoms with Crippen LogP contribution in [0.25, 0.3) is 4.85 Å². The van der Waals surface area contributed by atoms with Crippen molar-refractivity contribution in [2.24, 2.45) is 0 Å². The van der Waals surface area contributed by atoms with E-state index in [1.165, 1.54) is 11.1 Å². The van der Waals surface area contributed by atoms with Gasteiger partial charge in [-0.2, -0.15) is 0 Å². The SMILES string of the molecule is [C-]#[N+]c1ccc(C)c(C(C)C)c1C. The molecule has 0 aliphatic rings. The van der Waals surface area contributed by atoms with E-state index in [0.717, 1.165) is 11.3 Å². The highest BCUT2D eigenvalue weighted by Gasteiger charge is 2.09. The molecule has 0 aromatic heterocycles. The van der Waals surface area contributed by atoms with Crippen LogP contribution in [0.4, 0.5) is 5.69 Å². The smallest absolute Gasteiger partial charge is 0.190 e. The number of benzene rings is 1. The van der Waals surface area contributed by atoms with E-state index in [4.69, 9.17) is 6.57 Å². The van der Waals surface area contributed by atoms with Gasteiger partial charge in [-0.15, -0.1) is 0 Å². The molecule has 0 atom stereocenters. The molecule has 0 unspecified atom stereocenters. The van der Waals surface area contributed by atoms with Crippen molar-refractivity contribution in [2.75, 3.05) is 0 Å². The first-order valence-electron chi connectivity index (χ1n) is 4.55. The van der Waals surface area contributed by atoms with Crippen molar-refractivity contribution in [2.45, 2.75) is 33.6 Å². The van der Waals surface area contributed by atoms with Gasteiger partial charge in [0.15, 0.2) is 5.69 Å². The van der Waals surface area contributed by atoms with E-state index in [-0.39, 0.29) is 0 Å². The molecular formula is C12H15N. The third-order valence-electron chi connectivity index (χ3n) is 2.40. The van der Waals surface area contributed by atoms with Crippen molar-refractivity contribution in [1.82, 2.24) is 0 Å². The van der Waals surface area contributed by atoms with Crippen LogP contribution in [0.3, 0.4) is 0 Å². The average Bonchev–Trinajstić information content (AvgIpc) is 2.04. The number of rotatable bonds is 1. The van der Waals surface area contributed by atoms with Crippen LogP contribution >= 0.6 is 0 Å². The molecule has 68 valence electrons. The third kappa shape index (κ3) is 1.72. The Kier molecular flexibility index (Phi) is 2.72. The van der Waals surface area contributed by atoms with Gasteiger partial charge in [0.25, 0.3) is 0 Å². The maximum Gasteiger partial charge on any atom is 0.190 e. The number of aryl methyl sites for hydroxylation is 1. The van der Waals surface area contributed by atoms with Crippen molar-refractivity contribution in [3.05, 3.63) is 40.2 Å². The topological polar surface area (TPSA) is 4.36 Å². The number of nitrogens with zero attached hydrogens (tertiary/aromatic N) is 1. The first kappa shape index (κ1) is 9.80. The van der Waals surface area contributed by atoms with Gasteiger partial charge in [-0.1, -0.05) is 31.5 Å². The maximum atomic E-state index is 7.02. The van der Waals surface area contributed by atoms with Crippen molar-refractivity contribution in [3.8, 4) is 0 Å². The minimum atomic E-state index is 0.502. The predicted molar refractivity (Wildman–Crippen MR) is 56.3 cm³/mol. The van der Waals surface area contributed by atoms with Crippen molar-refractivity contribution < 1.29 is 0 Å². The molecule has 0 N–H and O–H groups in total. The van der Waals surface area contributed by atoms with Gasteiger partial charge in [0.1, 0.15) is 0 Å². The van der Waals surface area contributed by atoms with E-state index in [0.29, 0.717) is 5.92 Å². The van der Waals surface area contributed by atoms with Crippen LogP contribution in [-0.4, -0.2) is 0 Å². The van der Waals surface area contributed by atoms with Crippen LogP contribution in [0.2, 0.25) is 0 Å². The van der Waals surface area contributed by atoms with Gasteiger partial charge < -0.3 is 0 Å². The fraction of sp³-hybridized carbons (Fsp3) is 0.417. The molecule has 0 heterocycles. The lowest BCUT2D eigenvalue weighted by Gasteiger charge is -2.14. The Hall–Kier alpha value is -1.29. The standard InChI is InChI=1S/C12H15N/c1-8(2)12-9(3)6-7-11(13-5)10(12)4/h6-8H,1-4H3. The normalized spacial score (nSPS) is 10.2. The van der Waals surface area contributed by atoms with Crippen LogP contribution in [0.1, 0.15) is 36.5 Å². The summed E-state index contributed by atoms with van der Waals surface area (Å²) in [7, 11) is 0. The van der Waals surface area contributed by atoms with Crippen LogP contribution in [-0.2, 0) is 0 Å². The quantitative estimate of drug-likeness (QED) is 0.566. The average molecular weight is 173 g/mol. The summed E-state index contributed by atoms with van der Waals surface area (Å²) in [6, 6.07) is 3.94. The lowest BCUT2D eigenvalue weighted by Crippen LogP contribution is -1.95. The summed E-state index contributed by atoms with van der Waals surface area (Å²) in [5, 5.41) is 0. The van der Waals surface area contributed by atoms with E-state index in [1.807, 2.05) is 19.1 Å². The molecule has 0 amide bonds. The Labute approximate surface area is 80.2 Å². The van der Waals surface area contributed by atoms with Crippen LogP contribution in [0, 0.1) is 20.4 Å². The first-order chi connectivity index (χ1) is 6.07. The summed E-state index contributed by atoms with van der Waals surface area (Å²) in [6.07, 6.45) is 0. The van der Waals surface area contributed by atoms with E-state index in [2.05, 4.69) is 25.6 Å². The molecule has 0 spiro atoms. The van der Waals surface area contributed by atoms with Gasteiger partial charge in [-0.05, 0) is 30.9 Å². The summed E-state index contributed by atoms with van der Waals surface area (Å²) >= 11 is 0. The maximum absolute atomic E-state index is 7.02. The van der Waals surface area contributed by atoms with E-state index in [1.54, 1.807) is 0 Å². The fourth-order valence-electron chi connectivity index (χ4n) is 1.86. The molecule has 1 nitrogen and oxygen atoms in total. The Morgan fingerprint density at radius 1 is 1.23 bits per heavy atom. The Morgan fingerprint density at radius 2 is 1.85 bits per heavy atom. The lowest BCUT2D eigenvalue weighted by atomic mass is 9.92. The van der Waals surface area contributed by atoms with Crippen molar-refractivity contribution in [3.63, 3.8) is 0 Å². The molecule has 0 saturated carbocycles. The highest BCUT2D eigenvalue weighted by atomic mass is 14.6. The molecule has 13 heavy (non-hydrogen) atoms. The zero-order valence-corrected chi connectivity index (χ0v) is 8.68. The summed E-state index contributed by atoms with van der Waals surface area (Å²) < 4.78 is 0. The second kappa shape index (κ2) is 3.62. The minimum absolute atomic E-state index is 0.502. The van der Waals surface area contributed by atoms with Crippen LogP contribution < -0.4 is 0 Å². The minimum Gasteiger partial charge on any atom is -0.238 e. The van der Waals surface area contributed by atoms with Crippen molar-refractivity contribution in [1.29, 1.82) is 0 Å². The zero-order valence-electron chi connectivity index (χ0n) is 8.68. The molecule has 1 heteroatoms. The molecule has 1 rings (SSSR count). The van der Waals surface area contributed by atoms with E-state index < -0.39 is 0 Å². The molecule has 0 saturated heterocycles. The van der Waals surface area contributed by atoms with Gasteiger partial charge >= 0.3 is 0 Å². The highest BCUT2D eigenvalue weighted by Crippen LogP contribution is 2.30. The second-order valence-corrected chi connectivity index (χ2v) is 3.71. The van der Waals surface area contributed by atoms with Gasteiger partial charge in [0.05, 0.1) is 6.57 Å². The largest absolute Gasteiger partial charge is 0.238 e. The molecule has 0 aliphatic carbocycles. The van der Waals surface area contributed by atoms with Gasteiger partial charge in [0, 0.05) is 0 Å². The molecule has 0 bridgehead atoms. The highest BCUT2D eigenvalue weighted by molar-refractivity contribution is 5.57. The van der Waals surface area contributed by atoms with Gasteiger partial charge in [-0.25, -0.2) is 4.85 Å². The Balaban J connectivity index is 3.41. The summed E-state index contributed by atoms with van der Waals surface area (Å²) in [5.74, 6) is 0.502. The molecule has 1 aromatic carbocycles. The van der Waals surface area contributed by atoms with Crippen molar-refractivity contribution >= 4 is 5.69 Å². The third-order valence-corrected chi connectivity index (χ3v) is 2.40. The summed E-state index contributed by atoms with van der Waals surface area (Å²) in [4.78, 5) is 3.50. The van der Waals surface area contributed by atoms with Crippen LogP contribution in [0.5, 0.6) is 0 Å². The number of hydrogen-bond acceptors (Lipinski definition) is 0. The molecule has 1 aromatic rings. The fourth-order valence-corrected chi connectivity index (χ4v) is 1.86. The molecule has 0 fully saturated rings. The molecule has 0 radical (unpaired) electrons. The van der Waals surface area contributed by atoms with E-state index >= 15 is 0 Å². The summed E-state index contributed by atoms with van der Waals surface area (Å²) in [5.41, 5.74) is 4.55. The molecule has 0 aliphatic heterocycles. The predicted octanol–water partition coefficient (Wildman–Crippen LogP) is 3.98. The second-order valence-electron chi connectivity index (χ2n) is 3.71. The van der Waals surface area contributed by atoms with Gasteiger partial charge in [0.2, 0.25) is 0 Å². The Morgan fingerprint density at radius 3 is 2.31 bits per heavy atom. The monoisotopic (exact) mass is 173 g/mol. The summed E-state index contributed by atoms with van der Waals surface area (Å²) in [6.45, 7) is 15.5. The number of hydrogen-bond donors (Lipinski definition) is 0. The molecular weight excluding hydrogens is 158 g/mol. The van der Waals surface area contributed by atoms with Gasteiger partial charge in [-0.3, -0.25) is 0 Å². The van der Waals surface area contributed by atoms with E-state index in [9.17, 15) is 0 Å².